The molecule has 0 heterocycles. The van der Waals surface area contributed by atoms with E-state index in [1.54, 1.807) is 37.4 Å². The van der Waals surface area contributed by atoms with Gasteiger partial charge in [0.2, 0.25) is 0 Å². The zero-order valence-electron chi connectivity index (χ0n) is 9.96. The van der Waals surface area contributed by atoms with E-state index >= 15 is 0 Å². The molecular weight excluding hydrogens is 354 g/mol. The lowest BCUT2D eigenvalue weighted by atomic mass is 10.0. The van der Waals surface area contributed by atoms with Crippen molar-refractivity contribution in [2.75, 3.05) is 7.11 Å². The number of rotatable bonds is 3. The van der Waals surface area contributed by atoms with Gasteiger partial charge in [-0.3, -0.25) is 0 Å². The smallest absolute Gasteiger partial charge is 0.133 e. The van der Waals surface area contributed by atoms with Gasteiger partial charge in [0.15, 0.2) is 0 Å². The fourth-order valence-corrected chi connectivity index (χ4v) is 3.00. The van der Waals surface area contributed by atoms with E-state index in [1.165, 1.54) is 6.07 Å². The Hall–Kier alpha value is -0.770. The Morgan fingerprint density at radius 1 is 1.26 bits per heavy atom. The molecule has 19 heavy (non-hydrogen) atoms. The largest absolute Gasteiger partial charge is 0.496 e. The van der Waals surface area contributed by atoms with Crippen LogP contribution in [0, 0.1) is 5.82 Å². The molecule has 1 unspecified atom stereocenters. The topological polar surface area (TPSA) is 9.23 Å². The van der Waals surface area contributed by atoms with Crippen LogP contribution in [-0.4, -0.2) is 7.11 Å². The predicted molar refractivity (Wildman–Crippen MR) is 79.8 cm³/mol. The average Bonchev–Trinajstić information content (AvgIpc) is 2.38. The zero-order valence-corrected chi connectivity index (χ0v) is 13.1. The minimum absolute atomic E-state index is 0.280. The molecule has 0 amide bonds. The molecule has 0 aliphatic rings. The molecule has 5 heteroatoms. The molecule has 2 aromatic rings. The van der Waals surface area contributed by atoms with Crippen LogP contribution in [0.5, 0.6) is 5.75 Å². The highest BCUT2D eigenvalue weighted by molar-refractivity contribution is 9.10. The van der Waals surface area contributed by atoms with Crippen molar-refractivity contribution in [3.63, 3.8) is 0 Å². The Balaban J connectivity index is 2.44. The van der Waals surface area contributed by atoms with Gasteiger partial charge in [-0.15, -0.1) is 11.6 Å². The van der Waals surface area contributed by atoms with Crippen molar-refractivity contribution in [2.45, 2.75) is 5.38 Å². The standard InChI is InChI=1S/C14H10BrCl2FO/c1-19-12-6-5-8(7-9(12)15)14(17)13-10(16)3-2-4-11(13)18/h2-7,14H,1H3. The Kier molecular flexibility index (Phi) is 4.71. The molecule has 100 valence electrons. The molecule has 1 atom stereocenters. The Morgan fingerprint density at radius 2 is 2.00 bits per heavy atom. The van der Waals surface area contributed by atoms with Crippen LogP contribution in [0.1, 0.15) is 16.5 Å². The van der Waals surface area contributed by atoms with Crippen molar-refractivity contribution >= 4 is 39.1 Å². The van der Waals surface area contributed by atoms with Gasteiger partial charge < -0.3 is 4.74 Å². The van der Waals surface area contributed by atoms with E-state index in [0.29, 0.717) is 10.8 Å². The van der Waals surface area contributed by atoms with Gasteiger partial charge in [0.05, 0.1) is 17.0 Å². The second kappa shape index (κ2) is 6.12. The molecule has 0 saturated heterocycles. The lowest BCUT2D eigenvalue weighted by Crippen LogP contribution is -1.99. The number of benzene rings is 2. The van der Waals surface area contributed by atoms with Crippen LogP contribution in [-0.2, 0) is 0 Å². The number of hydrogen-bond donors (Lipinski definition) is 0. The monoisotopic (exact) mass is 362 g/mol. The van der Waals surface area contributed by atoms with Crippen LogP contribution in [0.2, 0.25) is 5.02 Å². The van der Waals surface area contributed by atoms with E-state index in [9.17, 15) is 4.39 Å². The summed E-state index contributed by atoms with van der Waals surface area (Å²) >= 11 is 15.7. The molecule has 0 fully saturated rings. The van der Waals surface area contributed by atoms with E-state index in [1.807, 2.05) is 0 Å². The van der Waals surface area contributed by atoms with Crippen LogP contribution in [0.4, 0.5) is 4.39 Å². The second-order valence-corrected chi connectivity index (χ2v) is 5.59. The van der Waals surface area contributed by atoms with Crippen LogP contribution in [0.15, 0.2) is 40.9 Å². The molecule has 0 spiro atoms. The van der Waals surface area contributed by atoms with Gasteiger partial charge in [-0.1, -0.05) is 23.7 Å². The lowest BCUT2D eigenvalue weighted by Gasteiger charge is -2.14. The number of halogens is 4. The summed E-state index contributed by atoms with van der Waals surface area (Å²) in [5, 5.41) is -0.345. The molecule has 2 rings (SSSR count). The molecule has 0 radical (unpaired) electrons. The molecule has 0 N–H and O–H groups in total. The van der Waals surface area contributed by atoms with Gasteiger partial charge in [0.1, 0.15) is 11.6 Å². The Morgan fingerprint density at radius 3 is 2.58 bits per heavy atom. The predicted octanol–water partition coefficient (Wildman–Crippen LogP) is 5.58. The summed E-state index contributed by atoms with van der Waals surface area (Å²) in [6, 6.07) is 9.85. The molecule has 1 nitrogen and oxygen atoms in total. The molecule has 2 aromatic carbocycles. The summed E-state index contributed by atoms with van der Waals surface area (Å²) < 4.78 is 19.7. The average molecular weight is 364 g/mol. The minimum Gasteiger partial charge on any atom is -0.496 e. The third-order valence-electron chi connectivity index (χ3n) is 2.72. The number of ether oxygens (including phenoxy) is 1. The van der Waals surface area contributed by atoms with Gasteiger partial charge in [0.25, 0.3) is 0 Å². The van der Waals surface area contributed by atoms with E-state index in [2.05, 4.69) is 15.9 Å². The first-order valence-corrected chi connectivity index (χ1v) is 7.06. The highest BCUT2D eigenvalue weighted by atomic mass is 79.9. The van der Waals surface area contributed by atoms with Crippen LogP contribution >= 0.6 is 39.1 Å². The minimum atomic E-state index is -0.657. The van der Waals surface area contributed by atoms with E-state index in [0.717, 1.165) is 10.0 Å². The Bertz CT molecular complexity index is 584. The van der Waals surface area contributed by atoms with Gasteiger partial charge >= 0.3 is 0 Å². The first kappa shape index (κ1) is 14.6. The third-order valence-corrected chi connectivity index (χ3v) is 4.14. The molecular formula is C14H10BrCl2FO. The highest BCUT2D eigenvalue weighted by Gasteiger charge is 2.19. The van der Waals surface area contributed by atoms with Crippen molar-refractivity contribution in [3.8, 4) is 5.75 Å². The van der Waals surface area contributed by atoms with Gasteiger partial charge in [-0.2, -0.15) is 0 Å². The molecule has 0 bridgehead atoms. The van der Waals surface area contributed by atoms with Crippen molar-refractivity contribution < 1.29 is 9.13 Å². The highest BCUT2D eigenvalue weighted by Crippen LogP contribution is 2.38. The first-order chi connectivity index (χ1) is 9.04. The van der Waals surface area contributed by atoms with Crippen molar-refractivity contribution in [3.05, 3.63) is 62.8 Å². The maximum atomic E-state index is 13.8. The second-order valence-electron chi connectivity index (χ2n) is 3.89. The first-order valence-electron chi connectivity index (χ1n) is 5.46. The molecule has 0 saturated carbocycles. The maximum Gasteiger partial charge on any atom is 0.133 e. The lowest BCUT2D eigenvalue weighted by molar-refractivity contribution is 0.412. The van der Waals surface area contributed by atoms with Crippen molar-refractivity contribution in [2.24, 2.45) is 0 Å². The Labute approximate surface area is 129 Å². The maximum absolute atomic E-state index is 13.8. The van der Waals surface area contributed by atoms with E-state index < -0.39 is 11.2 Å². The third kappa shape index (κ3) is 3.04. The molecule has 0 aromatic heterocycles. The summed E-state index contributed by atoms with van der Waals surface area (Å²) in [4.78, 5) is 0. The number of methoxy groups -OCH3 is 1. The normalized spacial score (nSPS) is 12.3. The van der Waals surface area contributed by atoms with Crippen LogP contribution in [0.3, 0.4) is 0 Å². The summed E-state index contributed by atoms with van der Waals surface area (Å²) in [5.41, 5.74) is 1.02. The molecule has 0 aliphatic heterocycles. The SMILES string of the molecule is COc1ccc(C(Cl)c2c(F)cccc2Cl)cc1Br. The van der Waals surface area contributed by atoms with Gasteiger partial charge in [-0.25, -0.2) is 4.39 Å². The fourth-order valence-electron chi connectivity index (χ4n) is 1.76. The van der Waals surface area contributed by atoms with Crippen LogP contribution < -0.4 is 4.74 Å². The van der Waals surface area contributed by atoms with Gasteiger partial charge in [0, 0.05) is 10.6 Å². The molecule has 0 aliphatic carbocycles. The summed E-state index contributed by atoms with van der Waals surface area (Å²) in [5.74, 6) is 0.270. The summed E-state index contributed by atoms with van der Waals surface area (Å²) in [6.45, 7) is 0. The van der Waals surface area contributed by atoms with E-state index in [4.69, 9.17) is 27.9 Å². The van der Waals surface area contributed by atoms with Crippen LogP contribution in [0.25, 0.3) is 0 Å². The van der Waals surface area contributed by atoms with Gasteiger partial charge in [-0.05, 0) is 45.8 Å². The van der Waals surface area contributed by atoms with E-state index in [-0.39, 0.29) is 5.56 Å². The fraction of sp³-hybridized carbons (Fsp3) is 0.143. The van der Waals surface area contributed by atoms with Crippen molar-refractivity contribution in [1.82, 2.24) is 0 Å². The quantitative estimate of drug-likeness (QED) is 0.647. The zero-order chi connectivity index (χ0) is 14.0. The summed E-state index contributed by atoms with van der Waals surface area (Å²) in [6.07, 6.45) is 0. The number of hydrogen-bond acceptors (Lipinski definition) is 1. The number of alkyl halides is 1. The summed E-state index contributed by atoms with van der Waals surface area (Å²) in [7, 11) is 1.58. The van der Waals surface area contributed by atoms with Crippen molar-refractivity contribution in [1.29, 1.82) is 0 Å².